The van der Waals surface area contributed by atoms with Gasteiger partial charge in [0.2, 0.25) is 0 Å². The van der Waals surface area contributed by atoms with Crippen LogP contribution in [0.15, 0.2) is 85.5 Å². The molecule has 4 aromatic heterocycles. The van der Waals surface area contributed by atoms with Crippen molar-refractivity contribution in [3.8, 4) is 22.8 Å². The third-order valence-electron chi connectivity index (χ3n) is 3.87. The number of carboxylic acid groups (broad SMARTS) is 2. The number of aromatic carboxylic acids is 2. The number of carboxylic acids is 2. The Morgan fingerprint density at radius 3 is 1.26 bits per heavy atom. The van der Waals surface area contributed by atoms with Gasteiger partial charge in [-0.05, 0) is 48.5 Å². The van der Waals surface area contributed by atoms with E-state index in [9.17, 15) is 9.59 Å². The maximum atomic E-state index is 10.8. The summed E-state index contributed by atoms with van der Waals surface area (Å²) in [6.07, 6.45) is 6.22. The van der Waals surface area contributed by atoms with E-state index in [1.54, 1.807) is 12.4 Å². The van der Waals surface area contributed by atoms with Crippen molar-refractivity contribution in [2.45, 2.75) is 0 Å². The van der Waals surface area contributed by atoms with Gasteiger partial charge in [0, 0.05) is 41.9 Å². The van der Waals surface area contributed by atoms with Gasteiger partial charge in [0.25, 0.3) is 0 Å². The van der Waals surface area contributed by atoms with Crippen LogP contribution in [0.5, 0.6) is 0 Å². The molecule has 0 fully saturated rings. The SMILES string of the molecule is O=C(O)c1ccnc(-c2cc(C(=O)O)ccn2)c1.[Cu].c1ccc(-c2ccccn2)nc1. The fraction of sp³-hybridized carbons (Fsp3) is 0. The fourth-order valence-corrected chi connectivity index (χ4v) is 2.44. The van der Waals surface area contributed by atoms with Crippen molar-refractivity contribution in [1.82, 2.24) is 19.9 Å². The summed E-state index contributed by atoms with van der Waals surface area (Å²) in [7, 11) is 0. The zero-order valence-electron chi connectivity index (χ0n) is 15.9. The van der Waals surface area contributed by atoms with Crippen molar-refractivity contribution in [2.75, 3.05) is 0 Å². The summed E-state index contributed by atoms with van der Waals surface area (Å²) in [6.45, 7) is 0. The molecule has 0 aromatic carbocycles. The van der Waals surface area contributed by atoms with Gasteiger partial charge in [-0.2, -0.15) is 0 Å². The molecule has 0 bridgehead atoms. The van der Waals surface area contributed by atoms with Crippen LogP contribution in [-0.2, 0) is 17.1 Å². The van der Waals surface area contributed by atoms with Crippen LogP contribution in [0.25, 0.3) is 22.8 Å². The molecule has 0 atom stereocenters. The first-order valence-electron chi connectivity index (χ1n) is 8.76. The summed E-state index contributed by atoms with van der Waals surface area (Å²) in [5.74, 6) is -2.15. The van der Waals surface area contributed by atoms with E-state index >= 15 is 0 Å². The Kier molecular flexibility index (Phi) is 8.51. The Morgan fingerprint density at radius 2 is 0.935 bits per heavy atom. The third kappa shape index (κ3) is 6.53. The molecule has 9 heteroatoms. The van der Waals surface area contributed by atoms with Crippen molar-refractivity contribution in [3.63, 3.8) is 0 Å². The maximum Gasteiger partial charge on any atom is 0.335 e. The van der Waals surface area contributed by atoms with Crippen LogP contribution >= 0.6 is 0 Å². The Morgan fingerprint density at radius 1 is 0.548 bits per heavy atom. The monoisotopic (exact) mass is 463 g/mol. The average molecular weight is 464 g/mol. The number of rotatable bonds is 4. The number of hydrogen-bond acceptors (Lipinski definition) is 6. The zero-order valence-corrected chi connectivity index (χ0v) is 16.8. The van der Waals surface area contributed by atoms with Crippen LogP contribution in [0.4, 0.5) is 0 Å². The van der Waals surface area contributed by atoms with Crippen molar-refractivity contribution in [3.05, 3.63) is 96.6 Å². The normalized spacial score (nSPS) is 9.55. The summed E-state index contributed by atoms with van der Waals surface area (Å²) in [5, 5.41) is 17.7. The molecule has 0 saturated carbocycles. The van der Waals surface area contributed by atoms with E-state index in [1.807, 2.05) is 36.4 Å². The van der Waals surface area contributed by atoms with Crippen LogP contribution in [0.3, 0.4) is 0 Å². The Bertz CT molecular complexity index is 1070. The Hall–Kier alpha value is -3.94. The second kappa shape index (κ2) is 11.3. The molecule has 31 heavy (non-hydrogen) atoms. The number of hydrogen-bond donors (Lipinski definition) is 2. The number of nitrogens with zero attached hydrogens (tertiary/aromatic N) is 4. The van der Waals surface area contributed by atoms with Gasteiger partial charge in [-0.15, -0.1) is 0 Å². The molecule has 0 unspecified atom stereocenters. The molecule has 8 nitrogen and oxygen atoms in total. The van der Waals surface area contributed by atoms with Gasteiger partial charge in [-0.1, -0.05) is 12.1 Å². The molecule has 0 spiro atoms. The molecule has 4 aromatic rings. The third-order valence-corrected chi connectivity index (χ3v) is 3.87. The first-order valence-corrected chi connectivity index (χ1v) is 8.76. The quantitative estimate of drug-likeness (QED) is 0.439. The molecule has 0 aliphatic heterocycles. The van der Waals surface area contributed by atoms with Gasteiger partial charge in [0.05, 0.1) is 33.9 Å². The van der Waals surface area contributed by atoms with Crippen molar-refractivity contribution in [1.29, 1.82) is 0 Å². The van der Waals surface area contributed by atoms with Crippen molar-refractivity contribution in [2.24, 2.45) is 0 Å². The summed E-state index contributed by atoms with van der Waals surface area (Å²) < 4.78 is 0. The molecule has 2 N–H and O–H groups in total. The molecule has 0 aliphatic carbocycles. The molecule has 4 heterocycles. The Balaban J connectivity index is 0.000000229. The molecule has 1 radical (unpaired) electrons. The minimum atomic E-state index is -1.08. The van der Waals surface area contributed by atoms with Gasteiger partial charge in [0.1, 0.15) is 0 Å². The molecule has 0 amide bonds. The van der Waals surface area contributed by atoms with Crippen molar-refractivity contribution >= 4 is 11.9 Å². The molecule has 0 saturated heterocycles. The minimum absolute atomic E-state index is 0. The van der Waals surface area contributed by atoms with Gasteiger partial charge in [-0.3, -0.25) is 19.9 Å². The van der Waals surface area contributed by atoms with Gasteiger partial charge in [-0.25, -0.2) is 9.59 Å². The molecule has 0 aliphatic rings. The summed E-state index contributed by atoms with van der Waals surface area (Å²) in [4.78, 5) is 38.0. The van der Waals surface area contributed by atoms with E-state index < -0.39 is 11.9 Å². The molecule has 159 valence electrons. The van der Waals surface area contributed by atoms with E-state index in [0.29, 0.717) is 11.4 Å². The smallest absolute Gasteiger partial charge is 0.335 e. The fourth-order valence-electron chi connectivity index (χ4n) is 2.44. The minimum Gasteiger partial charge on any atom is -0.478 e. The van der Waals surface area contributed by atoms with Gasteiger partial charge < -0.3 is 10.2 Å². The maximum absolute atomic E-state index is 10.8. The molecular formula is C22H16CuN4O4. The predicted molar refractivity (Wildman–Crippen MR) is 109 cm³/mol. The standard InChI is InChI=1S/C12H8N2O4.C10H8N2.Cu/c15-11(16)7-1-3-13-9(5-7)10-6-8(12(17)18)2-4-14-10;1-3-7-11-9(5-1)10-6-2-4-8-12-10;/h1-6H,(H,15,16)(H,17,18);1-8H;. The largest absolute Gasteiger partial charge is 0.478 e. The first-order chi connectivity index (χ1) is 14.5. The van der Waals surface area contributed by atoms with Crippen LogP contribution < -0.4 is 0 Å². The second-order valence-electron chi connectivity index (χ2n) is 5.90. The molecular weight excluding hydrogens is 448 g/mol. The number of aromatic nitrogens is 4. The summed E-state index contributed by atoms with van der Waals surface area (Å²) in [6, 6.07) is 17.0. The van der Waals surface area contributed by atoms with Crippen molar-refractivity contribution < 1.29 is 36.9 Å². The topological polar surface area (TPSA) is 126 Å². The Labute approximate surface area is 188 Å². The summed E-state index contributed by atoms with van der Waals surface area (Å²) in [5.41, 5.74) is 2.61. The summed E-state index contributed by atoms with van der Waals surface area (Å²) >= 11 is 0. The van der Waals surface area contributed by atoms with Crippen LogP contribution in [0.2, 0.25) is 0 Å². The molecule has 4 rings (SSSR count). The van der Waals surface area contributed by atoms with E-state index in [1.165, 1.54) is 36.7 Å². The number of pyridine rings is 4. The predicted octanol–water partition coefficient (Wildman–Crippen LogP) is 3.68. The van der Waals surface area contributed by atoms with E-state index in [0.717, 1.165) is 11.4 Å². The second-order valence-corrected chi connectivity index (χ2v) is 5.90. The van der Waals surface area contributed by atoms with E-state index in [4.69, 9.17) is 10.2 Å². The average Bonchev–Trinajstić information content (AvgIpc) is 2.81. The zero-order chi connectivity index (χ0) is 21.3. The van der Waals surface area contributed by atoms with E-state index in [2.05, 4.69) is 19.9 Å². The van der Waals surface area contributed by atoms with Gasteiger partial charge >= 0.3 is 11.9 Å². The van der Waals surface area contributed by atoms with Crippen LogP contribution in [0, 0.1) is 0 Å². The van der Waals surface area contributed by atoms with E-state index in [-0.39, 0.29) is 28.2 Å². The first kappa shape index (κ1) is 23.3. The number of carbonyl (C=O) groups is 2. The van der Waals surface area contributed by atoms with Crippen LogP contribution in [-0.4, -0.2) is 42.1 Å². The van der Waals surface area contributed by atoms with Gasteiger partial charge in [0.15, 0.2) is 0 Å². The van der Waals surface area contributed by atoms with Crippen LogP contribution in [0.1, 0.15) is 20.7 Å².